The Morgan fingerprint density at radius 2 is 1.33 bits per heavy atom. The Morgan fingerprint density at radius 1 is 0.815 bits per heavy atom. The van der Waals surface area contributed by atoms with Crippen LogP contribution in [0.1, 0.15) is 28.3 Å². The van der Waals surface area contributed by atoms with E-state index >= 15 is 0 Å². The first kappa shape index (κ1) is 19.1. The highest BCUT2D eigenvalue weighted by molar-refractivity contribution is 7.89. The molecule has 3 aromatic carbocycles. The fourth-order valence-corrected chi connectivity index (χ4v) is 4.62. The van der Waals surface area contributed by atoms with Gasteiger partial charge in [0, 0.05) is 6.07 Å². The number of aryl methyl sites for hydroxylation is 2. The minimum absolute atomic E-state index is 0.224. The lowest BCUT2D eigenvalue weighted by atomic mass is 10.00. The Kier molecular flexibility index (Phi) is 5.63. The van der Waals surface area contributed by atoms with E-state index in [-0.39, 0.29) is 4.90 Å². The first-order valence-electron chi connectivity index (χ1n) is 8.70. The maximum Gasteiger partial charge on any atom is 0.241 e. The van der Waals surface area contributed by atoms with Gasteiger partial charge in [0.25, 0.3) is 0 Å². The average molecular weight is 381 g/mol. The van der Waals surface area contributed by atoms with Crippen LogP contribution in [-0.2, 0) is 10.0 Å². The number of nitrogens with one attached hydrogen (secondary N) is 1. The van der Waals surface area contributed by atoms with Crippen molar-refractivity contribution in [3.63, 3.8) is 0 Å². The molecule has 0 fully saturated rings. The second-order valence-corrected chi connectivity index (χ2v) is 8.15. The smallest absolute Gasteiger partial charge is 0.241 e. The van der Waals surface area contributed by atoms with Gasteiger partial charge in [-0.15, -0.1) is 0 Å². The highest BCUT2D eigenvalue weighted by atomic mass is 32.2. The summed E-state index contributed by atoms with van der Waals surface area (Å²) in [6.07, 6.45) is 0. The molecule has 0 aliphatic rings. The van der Waals surface area contributed by atoms with Gasteiger partial charge in [-0.3, -0.25) is 0 Å². The summed E-state index contributed by atoms with van der Waals surface area (Å²) in [5.74, 6) is 0.553. The number of hydrogen-bond donors (Lipinski definition) is 1. The molecule has 1 N–H and O–H groups in total. The summed E-state index contributed by atoms with van der Waals surface area (Å²) in [6.45, 7) is 3.69. The maximum absolute atomic E-state index is 13.2. The zero-order chi connectivity index (χ0) is 19.4. The molecular formula is C22H23NO3S. The lowest BCUT2D eigenvalue weighted by Crippen LogP contribution is -2.30. The first-order chi connectivity index (χ1) is 12.9. The fraction of sp³-hybridized carbons (Fsp3) is 0.182. The molecule has 0 amide bonds. The highest BCUT2D eigenvalue weighted by Gasteiger charge is 2.25. The van der Waals surface area contributed by atoms with Crippen LogP contribution in [0.25, 0.3) is 0 Å². The van der Waals surface area contributed by atoms with Crippen LogP contribution >= 0.6 is 0 Å². The van der Waals surface area contributed by atoms with Crippen LogP contribution in [0.15, 0.2) is 77.7 Å². The minimum atomic E-state index is -3.77. The number of methoxy groups -OCH3 is 1. The molecule has 0 aliphatic heterocycles. The Balaban J connectivity index is 2.06. The summed E-state index contributed by atoms with van der Waals surface area (Å²) in [4.78, 5) is 0.224. The van der Waals surface area contributed by atoms with Crippen molar-refractivity contribution in [1.29, 1.82) is 0 Å². The van der Waals surface area contributed by atoms with E-state index in [1.165, 1.54) is 7.11 Å². The molecule has 3 rings (SSSR count). The molecule has 0 bridgehead atoms. The summed E-state index contributed by atoms with van der Waals surface area (Å²) >= 11 is 0. The summed E-state index contributed by atoms with van der Waals surface area (Å²) in [5, 5.41) is 0. The molecule has 0 unspecified atom stereocenters. The largest absolute Gasteiger partial charge is 0.496 e. The minimum Gasteiger partial charge on any atom is -0.496 e. The molecular weight excluding hydrogens is 358 g/mol. The third kappa shape index (κ3) is 4.21. The summed E-state index contributed by atoms with van der Waals surface area (Å²) in [7, 11) is -2.23. The Bertz CT molecular complexity index is 977. The normalized spacial score (nSPS) is 11.6. The van der Waals surface area contributed by atoms with Crippen LogP contribution in [-0.4, -0.2) is 15.5 Å². The van der Waals surface area contributed by atoms with Crippen molar-refractivity contribution in [1.82, 2.24) is 4.72 Å². The van der Waals surface area contributed by atoms with E-state index in [0.717, 1.165) is 16.7 Å². The molecule has 5 heteroatoms. The van der Waals surface area contributed by atoms with E-state index < -0.39 is 16.1 Å². The molecule has 27 heavy (non-hydrogen) atoms. The van der Waals surface area contributed by atoms with Crippen molar-refractivity contribution < 1.29 is 13.2 Å². The maximum atomic E-state index is 13.2. The third-order valence-corrected chi connectivity index (χ3v) is 6.09. The molecule has 0 atom stereocenters. The van der Waals surface area contributed by atoms with Crippen molar-refractivity contribution in [2.75, 3.05) is 7.11 Å². The molecule has 140 valence electrons. The number of sulfonamides is 1. The second-order valence-electron chi connectivity index (χ2n) is 6.46. The molecule has 3 aromatic rings. The van der Waals surface area contributed by atoms with E-state index in [9.17, 15) is 8.42 Å². The van der Waals surface area contributed by atoms with Gasteiger partial charge in [-0.1, -0.05) is 66.7 Å². The van der Waals surface area contributed by atoms with Gasteiger partial charge in [-0.25, -0.2) is 8.42 Å². The van der Waals surface area contributed by atoms with E-state index in [1.807, 2.05) is 73.7 Å². The Labute approximate surface area is 160 Å². The lowest BCUT2D eigenvalue weighted by Gasteiger charge is -2.21. The molecule has 0 heterocycles. The molecule has 0 radical (unpaired) electrons. The van der Waals surface area contributed by atoms with E-state index in [0.29, 0.717) is 11.3 Å². The zero-order valence-electron chi connectivity index (χ0n) is 15.6. The van der Waals surface area contributed by atoms with Crippen molar-refractivity contribution in [3.8, 4) is 5.75 Å². The molecule has 4 nitrogen and oxygen atoms in total. The molecule has 0 aliphatic carbocycles. The lowest BCUT2D eigenvalue weighted by molar-refractivity contribution is 0.410. The highest BCUT2D eigenvalue weighted by Crippen LogP contribution is 2.29. The van der Waals surface area contributed by atoms with Gasteiger partial charge in [0.1, 0.15) is 5.75 Å². The molecule has 0 spiro atoms. The molecule has 0 aromatic heterocycles. The topological polar surface area (TPSA) is 55.4 Å². The Hall–Kier alpha value is -2.63. The van der Waals surface area contributed by atoms with E-state index in [4.69, 9.17) is 4.74 Å². The van der Waals surface area contributed by atoms with Gasteiger partial charge in [0.15, 0.2) is 0 Å². The molecule has 0 saturated carbocycles. The van der Waals surface area contributed by atoms with E-state index in [1.54, 1.807) is 13.0 Å². The first-order valence-corrected chi connectivity index (χ1v) is 10.2. The van der Waals surface area contributed by atoms with Crippen molar-refractivity contribution in [2.24, 2.45) is 0 Å². The SMILES string of the molecule is COc1cc(S(=O)(=O)NC(c2ccccc2)c2ccccc2)c(C)cc1C. The third-order valence-electron chi connectivity index (χ3n) is 4.52. The summed E-state index contributed by atoms with van der Waals surface area (Å²) in [6, 6.07) is 22.0. The monoisotopic (exact) mass is 381 g/mol. The standard InChI is InChI=1S/C22H23NO3S/c1-16-14-17(2)21(15-20(16)26-3)27(24,25)23-22(18-10-6-4-7-11-18)19-12-8-5-9-13-19/h4-15,22-23H,1-3H3. The number of benzene rings is 3. The van der Waals surface area contributed by atoms with Crippen molar-refractivity contribution >= 4 is 10.0 Å². The summed E-state index contributed by atoms with van der Waals surface area (Å²) < 4.78 is 34.6. The van der Waals surface area contributed by atoms with Crippen LogP contribution in [0.2, 0.25) is 0 Å². The van der Waals surface area contributed by atoms with Crippen LogP contribution in [0.3, 0.4) is 0 Å². The van der Waals surface area contributed by atoms with Gasteiger partial charge < -0.3 is 4.74 Å². The summed E-state index contributed by atoms with van der Waals surface area (Å²) in [5.41, 5.74) is 3.34. The van der Waals surface area contributed by atoms with Crippen LogP contribution in [0, 0.1) is 13.8 Å². The van der Waals surface area contributed by atoms with E-state index in [2.05, 4.69) is 4.72 Å². The van der Waals surface area contributed by atoms with Gasteiger partial charge in [0.2, 0.25) is 10.0 Å². The van der Waals surface area contributed by atoms with Gasteiger partial charge in [-0.2, -0.15) is 4.72 Å². The van der Waals surface area contributed by atoms with Crippen LogP contribution in [0.5, 0.6) is 5.75 Å². The van der Waals surface area contributed by atoms with Gasteiger partial charge in [0.05, 0.1) is 18.0 Å². The number of ether oxygens (including phenoxy) is 1. The fourth-order valence-electron chi connectivity index (χ4n) is 3.16. The van der Waals surface area contributed by atoms with Crippen LogP contribution in [0.4, 0.5) is 0 Å². The van der Waals surface area contributed by atoms with Gasteiger partial charge >= 0.3 is 0 Å². The van der Waals surface area contributed by atoms with Gasteiger partial charge in [-0.05, 0) is 36.1 Å². The molecule has 0 saturated heterocycles. The zero-order valence-corrected chi connectivity index (χ0v) is 16.5. The van der Waals surface area contributed by atoms with Crippen molar-refractivity contribution in [3.05, 3.63) is 95.1 Å². The van der Waals surface area contributed by atoms with Crippen LogP contribution < -0.4 is 9.46 Å². The average Bonchev–Trinajstić information content (AvgIpc) is 2.67. The quantitative estimate of drug-likeness (QED) is 0.689. The number of hydrogen-bond acceptors (Lipinski definition) is 3. The number of rotatable bonds is 6. The predicted octanol–water partition coefficient (Wildman–Crippen LogP) is 4.38. The predicted molar refractivity (Wildman–Crippen MR) is 108 cm³/mol. The Morgan fingerprint density at radius 3 is 1.81 bits per heavy atom. The van der Waals surface area contributed by atoms with Crippen molar-refractivity contribution in [2.45, 2.75) is 24.8 Å². The second kappa shape index (κ2) is 7.94.